The third kappa shape index (κ3) is 8.23. The van der Waals surface area contributed by atoms with Gasteiger partial charge < -0.3 is 10.2 Å². The van der Waals surface area contributed by atoms with E-state index in [2.05, 4.69) is 12.2 Å². The van der Waals surface area contributed by atoms with Crippen LogP contribution in [0, 0.1) is 6.92 Å². The van der Waals surface area contributed by atoms with Crippen molar-refractivity contribution in [2.45, 2.75) is 58.4 Å². The summed E-state index contributed by atoms with van der Waals surface area (Å²) in [5.74, 6) is 0.966. The van der Waals surface area contributed by atoms with Crippen LogP contribution in [0.3, 0.4) is 0 Å². The number of hydrogen-bond acceptors (Lipinski definition) is 3. The van der Waals surface area contributed by atoms with Gasteiger partial charge in [0.15, 0.2) is 0 Å². The molecule has 1 N–H and O–H groups in total. The SMILES string of the molecule is CCCCNC(=O)[C@H](CC)N(Cc1ccccc1C)C(=O)CSCc1ccc(Cl)cc1. The molecule has 0 aliphatic heterocycles. The highest BCUT2D eigenvalue weighted by molar-refractivity contribution is 7.99. The first kappa shape index (κ1) is 25.3. The maximum atomic E-state index is 13.2. The van der Waals surface area contributed by atoms with Crippen molar-refractivity contribution in [1.29, 1.82) is 0 Å². The van der Waals surface area contributed by atoms with Crippen LogP contribution in [0.4, 0.5) is 0 Å². The molecule has 0 unspecified atom stereocenters. The fourth-order valence-electron chi connectivity index (χ4n) is 3.32. The van der Waals surface area contributed by atoms with Crippen LogP contribution in [0.2, 0.25) is 5.02 Å². The first-order valence-electron chi connectivity index (χ1n) is 10.9. The molecule has 0 fully saturated rings. The standard InChI is InChI=1S/C25H33ClN2O2S/c1-4-6-15-27-25(30)23(5-2)28(16-21-10-8-7-9-19(21)3)24(29)18-31-17-20-11-13-22(26)14-12-20/h7-14,23H,4-6,15-18H2,1-3H3,(H,27,30)/t23-/m0/s1. The number of nitrogens with zero attached hydrogens (tertiary/aromatic N) is 1. The topological polar surface area (TPSA) is 49.4 Å². The summed E-state index contributed by atoms with van der Waals surface area (Å²) in [5, 5.41) is 3.71. The van der Waals surface area contributed by atoms with Crippen LogP contribution in [0.1, 0.15) is 49.8 Å². The minimum absolute atomic E-state index is 0.0142. The van der Waals surface area contributed by atoms with Gasteiger partial charge >= 0.3 is 0 Å². The van der Waals surface area contributed by atoms with Gasteiger partial charge in [-0.05, 0) is 48.6 Å². The van der Waals surface area contributed by atoms with E-state index in [0.29, 0.717) is 30.3 Å². The lowest BCUT2D eigenvalue weighted by Crippen LogP contribution is -2.49. The zero-order valence-corrected chi connectivity index (χ0v) is 20.3. The average Bonchev–Trinajstić information content (AvgIpc) is 2.76. The van der Waals surface area contributed by atoms with Crippen LogP contribution >= 0.6 is 23.4 Å². The number of carbonyl (C=O) groups is 2. The van der Waals surface area contributed by atoms with Crippen molar-refractivity contribution in [3.05, 3.63) is 70.2 Å². The minimum Gasteiger partial charge on any atom is -0.354 e. The second kappa shape index (κ2) is 13.4. The van der Waals surface area contributed by atoms with Gasteiger partial charge in [0.05, 0.1) is 5.75 Å². The molecule has 0 bridgehead atoms. The molecule has 0 aliphatic carbocycles. The number of thioether (sulfide) groups is 1. The van der Waals surface area contributed by atoms with Crippen LogP contribution in [0.5, 0.6) is 0 Å². The van der Waals surface area contributed by atoms with Crippen molar-refractivity contribution < 1.29 is 9.59 Å². The normalized spacial score (nSPS) is 11.7. The maximum Gasteiger partial charge on any atom is 0.242 e. The van der Waals surface area contributed by atoms with Crippen molar-refractivity contribution in [2.75, 3.05) is 12.3 Å². The summed E-state index contributed by atoms with van der Waals surface area (Å²) >= 11 is 7.51. The lowest BCUT2D eigenvalue weighted by Gasteiger charge is -2.31. The third-order valence-corrected chi connectivity index (χ3v) is 6.47. The molecule has 0 saturated heterocycles. The van der Waals surface area contributed by atoms with Crippen LogP contribution in [-0.2, 0) is 21.9 Å². The molecule has 2 aromatic rings. The largest absolute Gasteiger partial charge is 0.354 e. The van der Waals surface area contributed by atoms with Gasteiger partial charge in [-0.15, -0.1) is 11.8 Å². The Bertz CT molecular complexity index is 842. The lowest BCUT2D eigenvalue weighted by atomic mass is 10.1. The number of carbonyl (C=O) groups excluding carboxylic acids is 2. The number of halogens is 1. The van der Waals surface area contributed by atoms with Crippen molar-refractivity contribution in [3.63, 3.8) is 0 Å². The number of unbranched alkanes of at least 4 members (excludes halogenated alkanes) is 1. The first-order valence-corrected chi connectivity index (χ1v) is 12.4. The number of rotatable bonds is 12. The zero-order chi connectivity index (χ0) is 22.6. The molecular weight excluding hydrogens is 428 g/mol. The van der Waals surface area contributed by atoms with Crippen molar-refractivity contribution in [1.82, 2.24) is 10.2 Å². The molecule has 0 aromatic heterocycles. The van der Waals surface area contributed by atoms with Gasteiger partial charge in [-0.25, -0.2) is 0 Å². The summed E-state index contributed by atoms with van der Waals surface area (Å²) in [4.78, 5) is 27.9. The van der Waals surface area contributed by atoms with Crippen LogP contribution in [-0.4, -0.2) is 35.1 Å². The molecule has 0 heterocycles. The van der Waals surface area contributed by atoms with Crippen molar-refractivity contribution in [3.8, 4) is 0 Å². The van der Waals surface area contributed by atoms with Gasteiger partial charge in [-0.3, -0.25) is 9.59 Å². The lowest BCUT2D eigenvalue weighted by molar-refractivity contribution is -0.139. The Morgan fingerprint density at radius 2 is 1.81 bits per heavy atom. The summed E-state index contributed by atoms with van der Waals surface area (Å²) in [6.07, 6.45) is 2.53. The summed E-state index contributed by atoms with van der Waals surface area (Å²) in [6.45, 7) is 7.17. The number of benzene rings is 2. The van der Waals surface area contributed by atoms with Gasteiger partial charge in [-0.2, -0.15) is 0 Å². The molecule has 2 aromatic carbocycles. The Hall–Kier alpha value is -1.98. The molecule has 4 nitrogen and oxygen atoms in total. The number of hydrogen-bond donors (Lipinski definition) is 1. The van der Waals surface area contributed by atoms with Gasteiger partial charge in [0.2, 0.25) is 11.8 Å². The van der Waals surface area contributed by atoms with E-state index < -0.39 is 6.04 Å². The van der Waals surface area contributed by atoms with Gasteiger partial charge in [-0.1, -0.05) is 68.3 Å². The monoisotopic (exact) mass is 460 g/mol. The molecule has 2 rings (SSSR count). The van der Waals surface area contributed by atoms with Gasteiger partial charge in [0.1, 0.15) is 6.04 Å². The summed E-state index contributed by atoms with van der Waals surface area (Å²) in [7, 11) is 0. The Kier molecular flexibility index (Phi) is 11.0. The highest BCUT2D eigenvalue weighted by Crippen LogP contribution is 2.19. The second-order valence-electron chi connectivity index (χ2n) is 7.64. The summed E-state index contributed by atoms with van der Waals surface area (Å²) in [6, 6.07) is 15.2. The zero-order valence-electron chi connectivity index (χ0n) is 18.7. The minimum atomic E-state index is -0.472. The molecule has 6 heteroatoms. The van der Waals surface area contributed by atoms with Crippen molar-refractivity contribution >= 4 is 35.2 Å². The van der Waals surface area contributed by atoms with E-state index >= 15 is 0 Å². The van der Waals surface area contributed by atoms with Crippen molar-refractivity contribution in [2.24, 2.45) is 0 Å². The summed E-state index contributed by atoms with van der Waals surface area (Å²) < 4.78 is 0. The van der Waals surface area contributed by atoms with E-state index in [1.54, 1.807) is 16.7 Å². The molecule has 0 saturated carbocycles. The van der Waals surface area contributed by atoms with Gasteiger partial charge in [0, 0.05) is 23.9 Å². The molecular formula is C25H33ClN2O2S. The van der Waals surface area contributed by atoms with Gasteiger partial charge in [0.25, 0.3) is 0 Å². The second-order valence-corrected chi connectivity index (χ2v) is 9.06. The predicted molar refractivity (Wildman–Crippen MR) is 131 cm³/mol. The molecule has 0 spiro atoms. The van der Waals surface area contributed by atoms with Crippen LogP contribution < -0.4 is 5.32 Å². The molecule has 0 aliphatic rings. The van der Waals surface area contributed by atoms with Crippen LogP contribution in [0.25, 0.3) is 0 Å². The third-order valence-electron chi connectivity index (χ3n) is 5.22. The van der Waals surface area contributed by atoms with E-state index in [1.165, 1.54) is 0 Å². The maximum absolute atomic E-state index is 13.2. The van der Waals surface area contributed by atoms with E-state index in [0.717, 1.165) is 35.3 Å². The van der Waals surface area contributed by atoms with Crippen LogP contribution in [0.15, 0.2) is 48.5 Å². The highest BCUT2D eigenvalue weighted by Gasteiger charge is 2.28. The van der Waals surface area contributed by atoms with E-state index in [1.807, 2.05) is 62.4 Å². The van der Waals surface area contributed by atoms with E-state index in [4.69, 9.17) is 11.6 Å². The first-order chi connectivity index (χ1) is 15.0. The average molecular weight is 461 g/mol. The number of aryl methyl sites for hydroxylation is 1. The molecule has 0 radical (unpaired) electrons. The number of amides is 2. The molecule has 168 valence electrons. The Labute approximate surface area is 195 Å². The smallest absolute Gasteiger partial charge is 0.242 e. The quantitative estimate of drug-likeness (QED) is 0.419. The fourth-order valence-corrected chi connectivity index (χ4v) is 4.31. The Morgan fingerprint density at radius 1 is 1.10 bits per heavy atom. The predicted octanol–water partition coefficient (Wildman–Crippen LogP) is 5.61. The highest BCUT2D eigenvalue weighted by atomic mass is 35.5. The fraction of sp³-hybridized carbons (Fsp3) is 0.440. The molecule has 31 heavy (non-hydrogen) atoms. The number of nitrogens with one attached hydrogen (secondary N) is 1. The van der Waals surface area contributed by atoms with E-state index in [-0.39, 0.29) is 11.8 Å². The Balaban J connectivity index is 2.10. The van der Waals surface area contributed by atoms with E-state index in [9.17, 15) is 9.59 Å². The summed E-state index contributed by atoms with van der Waals surface area (Å²) in [5.41, 5.74) is 3.31. The Morgan fingerprint density at radius 3 is 2.45 bits per heavy atom. The molecule has 2 amide bonds. The molecule has 1 atom stereocenters.